The molecule has 5 heterocycles. The van der Waals surface area contributed by atoms with E-state index < -0.39 is 0 Å². The highest BCUT2D eigenvalue weighted by Crippen LogP contribution is 2.32. The molecule has 36 heavy (non-hydrogen) atoms. The van der Waals surface area contributed by atoms with Crippen LogP contribution in [0, 0.1) is 0 Å². The number of amides is 1. The van der Waals surface area contributed by atoms with E-state index in [2.05, 4.69) is 54.8 Å². The third kappa shape index (κ3) is 3.98. The molecule has 0 saturated heterocycles. The number of aliphatic imine (C=N–C) groups is 1. The molecule has 4 aromatic heterocycles. The van der Waals surface area contributed by atoms with Gasteiger partial charge in [0.15, 0.2) is 0 Å². The number of anilines is 2. The lowest BCUT2D eigenvalue weighted by atomic mass is 10.0. The van der Waals surface area contributed by atoms with Gasteiger partial charge in [-0.2, -0.15) is 0 Å². The Morgan fingerprint density at radius 3 is 2.75 bits per heavy atom. The van der Waals surface area contributed by atoms with Gasteiger partial charge in [0.25, 0.3) is 0 Å². The molecule has 8 heteroatoms. The van der Waals surface area contributed by atoms with Gasteiger partial charge in [-0.25, -0.2) is 4.98 Å². The van der Waals surface area contributed by atoms with Crippen molar-refractivity contribution >= 4 is 34.0 Å². The van der Waals surface area contributed by atoms with Crippen LogP contribution in [0.2, 0.25) is 0 Å². The van der Waals surface area contributed by atoms with Crippen LogP contribution in [-0.2, 0) is 4.79 Å². The molecule has 0 bridgehead atoms. The summed E-state index contributed by atoms with van der Waals surface area (Å²) < 4.78 is 0. The summed E-state index contributed by atoms with van der Waals surface area (Å²) >= 11 is 0. The minimum Gasteiger partial charge on any atom is -0.353 e. The number of hydrogen-bond acceptors (Lipinski definition) is 6. The fourth-order valence-electron chi connectivity index (χ4n) is 4.40. The zero-order chi connectivity index (χ0) is 24.5. The highest BCUT2D eigenvalue weighted by Gasteiger charge is 2.20. The summed E-state index contributed by atoms with van der Waals surface area (Å²) in [6, 6.07) is 18.2. The third-order valence-electron chi connectivity index (χ3n) is 6.16. The second kappa shape index (κ2) is 9.07. The maximum atomic E-state index is 11.8. The number of rotatable bonds is 5. The number of nitrogens with one attached hydrogen (secondary N) is 3. The van der Waals surface area contributed by atoms with Gasteiger partial charge < -0.3 is 15.6 Å². The van der Waals surface area contributed by atoms with E-state index in [1.165, 1.54) is 0 Å². The Morgan fingerprint density at radius 1 is 0.972 bits per heavy atom. The van der Waals surface area contributed by atoms with Crippen molar-refractivity contribution in [2.75, 3.05) is 17.3 Å². The minimum absolute atomic E-state index is 0.0555. The van der Waals surface area contributed by atoms with Crippen LogP contribution in [0.25, 0.3) is 33.3 Å². The Bertz CT molecular complexity index is 1620. The quantitative estimate of drug-likeness (QED) is 0.323. The van der Waals surface area contributed by atoms with Crippen LogP contribution in [0.5, 0.6) is 0 Å². The molecule has 1 aromatic carbocycles. The summed E-state index contributed by atoms with van der Waals surface area (Å²) in [6.07, 6.45) is 7.42. The number of fused-ring (bicyclic) bond motifs is 2. The molecule has 0 saturated carbocycles. The molecule has 0 spiro atoms. The first-order chi connectivity index (χ1) is 17.7. The first-order valence-electron chi connectivity index (χ1n) is 11.8. The van der Waals surface area contributed by atoms with Crippen LogP contribution in [0.3, 0.4) is 0 Å². The van der Waals surface area contributed by atoms with E-state index in [1.54, 1.807) is 18.6 Å². The number of hydrogen-bond donors (Lipinski definition) is 3. The van der Waals surface area contributed by atoms with E-state index >= 15 is 0 Å². The number of benzene rings is 1. The first kappa shape index (κ1) is 21.7. The average molecular weight is 474 g/mol. The van der Waals surface area contributed by atoms with E-state index in [4.69, 9.17) is 4.99 Å². The Balaban J connectivity index is 1.40. The van der Waals surface area contributed by atoms with Crippen molar-refractivity contribution in [3.8, 4) is 22.4 Å². The maximum absolute atomic E-state index is 11.8. The summed E-state index contributed by atoms with van der Waals surface area (Å²) in [4.78, 5) is 33.7. The smallest absolute Gasteiger partial charge is 0.224 e. The van der Waals surface area contributed by atoms with Gasteiger partial charge in [0.05, 0.1) is 29.0 Å². The SMILES string of the molecule is CCC(=O)Nc1cncc(-c2cnc3c(c2)C(c2cc4c(-c5ccccn5)cccc4[nH]2)=NCN3)c1. The monoisotopic (exact) mass is 473 g/mol. The number of carbonyl (C=O) groups excluding carboxylic acids is 1. The second-order valence-corrected chi connectivity index (χ2v) is 8.49. The van der Waals surface area contributed by atoms with E-state index in [9.17, 15) is 4.79 Å². The van der Waals surface area contributed by atoms with E-state index in [1.807, 2.05) is 43.5 Å². The molecule has 0 atom stereocenters. The highest BCUT2D eigenvalue weighted by molar-refractivity contribution is 6.18. The predicted molar refractivity (Wildman–Crippen MR) is 142 cm³/mol. The molecule has 1 aliphatic rings. The number of H-pyrrole nitrogens is 1. The number of nitrogens with zero attached hydrogens (tertiary/aromatic N) is 4. The molecule has 0 radical (unpaired) electrons. The lowest BCUT2D eigenvalue weighted by Crippen LogP contribution is -2.18. The maximum Gasteiger partial charge on any atom is 0.224 e. The average Bonchev–Trinajstić information content (AvgIpc) is 3.37. The van der Waals surface area contributed by atoms with Crippen LogP contribution in [0.15, 0.2) is 84.4 Å². The summed E-state index contributed by atoms with van der Waals surface area (Å²) in [6.45, 7) is 2.26. The lowest BCUT2D eigenvalue weighted by molar-refractivity contribution is -0.115. The van der Waals surface area contributed by atoms with Gasteiger partial charge in [0.2, 0.25) is 5.91 Å². The molecule has 176 valence electrons. The molecular weight excluding hydrogens is 450 g/mol. The summed E-state index contributed by atoms with van der Waals surface area (Å²) in [7, 11) is 0. The van der Waals surface area contributed by atoms with Gasteiger partial charge in [0.1, 0.15) is 12.5 Å². The van der Waals surface area contributed by atoms with Crippen LogP contribution >= 0.6 is 0 Å². The summed E-state index contributed by atoms with van der Waals surface area (Å²) in [5, 5.41) is 7.21. The molecule has 6 rings (SSSR count). The molecular formula is C28H23N7O. The number of carbonyl (C=O) groups is 1. The molecule has 3 N–H and O–H groups in total. The van der Waals surface area contributed by atoms with Crippen molar-refractivity contribution in [3.05, 3.63) is 90.6 Å². The van der Waals surface area contributed by atoms with Gasteiger partial charge >= 0.3 is 0 Å². The van der Waals surface area contributed by atoms with Crippen molar-refractivity contribution in [2.45, 2.75) is 13.3 Å². The Hall–Kier alpha value is -4.85. The topological polar surface area (TPSA) is 108 Å². The highest BCUT2D eigenvalue weighted by atomic mass is 16.1. The molecule has 0 fully saturated rings. The van der Waals surface area contributed by atoms with Crippen LogP contribution in [0.1, 0.15) is 24.6 Å². The normalized spacial score (nSPS) is 12.5. The molecule has 1 amide bonds. The Kier molecular flexibility index (Phi) is 5.46. The number of aromatic amines is 1. The van der Waals surface area contributed by atoms with Crippen molar-refractivity contribution < 1.29 is 4.79 Å². The number of pyridine rings is 3. The first-order valence-corrected chi connectivity index (χ1v) is 11.8. The molecule has 8 nitrogen and oxygen atoms in total. The van der Waals surface area contributed by atoms with Crippen molar-refractivity contribution in [2.24, 2.45) is 4.99 Å². The van der Waals surface area contributed by atoms with Crippen LogP contribution in [-0.4, -0.2) is 38.2 Å². The standard InChI is InChI=1S/C28H23N7O/c1-2-26(36)34-19-10-17(13-29-15-19)18-11-22-27(32-16-33-28(22)31-14-18)25-12-21-20(6-5-8-24(21)35-25)23-7-3-4-9-30-23/h3-15,35H,2,16H2,1H3,(H,31,33)(H,34,36). The van der Waals surface area contributed by atoms with E-state index in [-0.39, 0.29) is 5.91 Å². The molecule has 1 aliphatic heterocycles. The van der Waals surface area contributed by atoms with Gasteiger partial charge in [-0.15, -0.1) is 0 Å². The lowest BCUT2D eigenvalue weighted by Gasteiger charge is -2.18. The second-order valence-electron chi connectivity index (χ2n) is 8.49. The number of aromatic nitrogens is 4. The largest absolute Gasteiger partial charge is 0.353 e. The van der Waals surface area contributed by atoms with E-state index in [0.717, 1.165) is 56.1 Å². The zero-order valence-corrected chi connectivity index (χ0v) is 19.6. The van der Waals surface area contributed by atoms with Crippen molar-refractivity contribution in [1.29, 1.82) is 0 Å². The van der Waals surface area contributed by atoms with E-state index in [0.29, 0.717) is 18.8 Å². The van der Waals surface area contributed by atoms with Crippen molar-refractivity contribution in [3.63, 3.8) is 0 Å². The Labute approximate surface area is 207 Å². The summed E-state index contributed by atoms with van der Waals surface area (Å²) in [5.74, 6) is 0.718. The fraction of sp³-hybridized carbons (Fsp3) is 0.107. The molecule has 0 unspecified atom stereocenters. The molecule has 0 aliphatic carbocycles. The van der Waals surface area contributed by atoms with Crippen LogP contribution in [0.4, 0.5) is 11.5 Å². The van der Waals surface area contributed by atoms with Gasteiger partial charge in [-0.3, -0.25) is 19.8 Å². The van der Waals surface area contributed by atoms with Gasteiger partial charge in [-0.1, -0.05) is 25.1 Å². The summed E-state index contributed by atoms with van der Waals surface area (Å²) in [5.41, 5.74) is 8.05. The Morgan fingerprint density at radius 2 is 1.89 bits per heavy atom. The molecule has 5 aromatic rings. The predicted octanol–water partition coefficient (Wildman–Crippen LogP) is 5.26. The zero-order valence-electron chi connectivity index (χ0n) is 19.6. The van der Waals surface area contributed by atoms with Gasteiger partial charge in [0, 0.05) is 58.2 Å². The van der Waals surface area contributed by atoms with Crippen LogP contribution < -0.4 is 10.6 Å². The van der Waals surface area contributed by atoms with Gasteiger partial charge in [-0.05, 0) is 36.4 Å². The minimum atomic E-state index is -0.0555. The third-order valence-corrected chi connectivity index (χ3v) is 6.16. The fourth-order valence-corrected chi connectivity index (χ4v) is 4.40. The van der Waals surface area contributed by atoms with Crippen molar-refractivity contribution in [1.82, 2.24) is 19.9 Å².